The Morgan fingerprint density at radius 3 is 2.50 bits per heavy atom. The van der Waals surface area contributed by atoms with E-state index in [-0.39, 0.29) is 18.5 Å². The van der Waals surface area contributed by atoms with Crippen molar-refractivity contribution in [3.63, 3.8) is 0 Å². The van der Waals surface area contributed by atoms with Crippen LogP contribution >= 0.6 is 0 Å². The summed E-state index contributed by atoms with van der Waals surface area (Å²) in [7, 11) is 0. The number of carbonyl (C=O) groups is 2. The quantitative estimate of drug-likeness (QED) is 0.791. The lowest BCUT2D eigenvalue weighted by Crippen LogP contribution is -2.48. The van der Waals surface area contributed by atoms with Gasteiger partial charge >= 0.3 is 12.0 Å². The van der Waals surface area contributed by atoms with Gasteiger partial charge in [0.15, 0.2) is 0 Å². The molecule has 0 aromatic rings. The number of nitrogens with zero attached hydrogens (tertiary/aromatic N) is 1. The highest BCUT2D eigenvalue weighted by molar-refractivity contribution is 5.76. The van der Waals surface area contributed by atoms with Gasteiger partial charge in [-0.3, -0.25) is 4.79 Å². The van der Waals surface area contributed by atoms with Gasteiger partial charge in [0.05, 0.1) is 6.42 Å². The van der Waals surface area contributed by atoms with Crippen LogP contribution in [0.2, 0.25) is 0 Å². The number of carboxylic acids is 1. The van der Waals surface area contributed by atoms with E-state index in [9.17, 15) is 9.59 Å². The summed E-state index contributed by atoms with van der Waals surface area (Å²) in [6.07, 6.45) is 3.65. The normalized spacial score (nSPS) is 18.4. The molecule has 2 N–H and O–H groups in total. The molecule has 1 heterocycles. The smallest absolute Gasteiger partial charge is 0.317 e. The van der Waals surface area contributed by atoms with Crippen molar-refractivity contribution in [3.8, 4) is 0 Å². The lowest BCUT2D eigenvalue weighted by Gasteiger charge is -2.31. The third-order valence-corrected chi connectivity index (χ3v) is 3.46. The van der Waals surface area contributed by atoms with E-state index >= 15 is 0 Å². The lowest BCUT2D eigenvalue weighted by atomic mass is 9.99. The number of aliphatic carboxylic acids is 1. The monoisotopic (exact) mass is 256 g/mol. The Labute approximate surface area is 109 Å². The molecule has 5 nitrogen and oxygen atoms in total. The first-order valence-corrected chi connectivity index (χ1v) is 6.80. The van der Waals surface area contributed by atoms with E-state index in [1.54, 1.807) is 4.90 Å². The summed E-state index contributed by atoms with van der Waals surface area (Å²) in [5.41, 5.74) is 0. The Kier molecular flexibility index (Phi) is 5.95. The van der Waals surface area contributed by atoms with Crippen molar-refractivity contribution in [2.75, 3.05) is 13.1 Å². The maximum absolute atomic E-state index is 12.0. The number of hydrogen-bond donors (Lipinski definition) is 2. The van der Waals surface area contributed by atoms with Crippen molar-refractivity contribution in [3.05, 3.63) is 0 Å². The molecule has 1 aliphatic heterocycles. The highest BCUT2D eigenvalue weighted by Crippen LogP contribution is 2.16. The highest BCUT2D eigenvalue weighted by atomic mass is 16.4. The molecule has 0 aliphatic carbocycles. The standard InChI is InChI=1S/C13H24N2O3/c1-3-4-11(9-12(16)17)14-13(18)15-7-5-10(2)6-8-15/h10-11H,3-9H2,1-2H3,(H,14,18)(H,16,17). The molecule has 1 aliphatic rings. The largest absolute Gasteiger partial charge is 0.481 e. The Bertz CT molecular complexity index is 286. The summed E-state index contributed by atoms with van der Waals surface area (Å²) in [6, 6.07) is -0.360. The van der Waals surface area contributed by atoms with Crippen LogP contribution in [0.1, 0.15) is 46.0 Å². The third kappa shape index (κ3) is 4.94. The summed E-state index contributed by atoms with van der Waals surface area (Å²) >= 11 is 0. The van der Waals surface area contributed by atoms with Crippen LogP contribution in [-0.4, -0.2) is 41.1 Å². The first kappa shape index (κ1) is 14.8. The van der Waals surface area contributed by atoms with Crippen LogP contribution in [0, 0.1) is 5.92 Å². The highest BCUT2D eigenvalue weighted by Gasteiger charge is 2.23. The van der Waals surface area contributed by atoms with Gasteiger partial charge in [0.25, 0.3) is 0 Å². The minimum Gasteiger partial charge on any atom is -0.481 e. The number of rotatable bonds is 5. The summed E-state index contributed by atoms with van der Waals surface area (Å²) in [6.45, 7) is 5.74. The fourth-order valence-electron chi connectivity index (χ4n) is 2.26. The summed E-state index contributed by atoms with van der Waals surface area (Å²) in [5.74, 6) is -0.180. The molecule has 0 saturated carbocycles. The topological polar surface area (TPSA) is 69.6 Å². The van der Waals surface area contributed by atoms with Crippen molar-refractivity contribution in [2.24, 2.45) is 5.92 Å². The Morgan fingerprint density at radius 1 is 1.39 bits per heavy atom. The summed E-state index contributed by atoms with van der Waals surface area (Å²) in [4.78, 5) is 24.5. The van der Waals surface area contributed by atoms with Gasteiger partial charge in [-0.15, -0.1) is 0 Å². The fourth-order valence-corrected chi connectivity index (χ4v) is 2.26. The molecule has 1 fully saturated rings. The molecule has 5 heteroatoms. The number of piperidine rings is 1. The average molecular weight is 256 g/mol. The van der Waals surface area contributed by atoms with Crippen molar-refractivity contribution < 1.29 is 14.7 Å². The number of hydrogen-bond acceptors (Lipinski definition) is 2. The van der Waals surface area contributed by atoms with E-state index in [0.29, 0.717) is 12.3 Å². The number of likely N-dealkylation sites (tertiary alicyclic amines) is 1. The van der Waals surface area contributed by atoms with E-state index in [4.69, 9.17) is 5.11 Å². The van der Waals surface area contributed by atoms with E-state index in [1.165, 1.54) is 0 Å². The molecule has 18 heavy (non-hydrogen) atoms. The third-order valence-electron chi connectivity index (χ3n) is 3.46. The second kappa shape index (κ2) is 7.24. The van der Waals surface area contributed by atoms with Crippen LogP contribution in [-0.2, 0) is 4.79 Å². The predicted octanol–water partition coefficient (Wildman–Crippen LogP) is 2.07. The van der Waals surface area contributed by atoms with Crippen LogP contribution in [0.25, 0.3) is 0 Å². The van der Waals surface area contributed by atoms with Gasteiger partial charge in [0, 0.05) is 19.1 Å². The molecule has 1 saturated heterocycles. The van der Waals surface area contributed by atoms with E-state index in [1.807, 2.05) is 6.92 Å². The van der Waals surface area contributed by atoms with Gasteiger partial charge in [-0.2, -0.15) is 0 Å². The zero-order valence-electron chi connectivity index (χ0n) is 11.3. The summed E-state index contributed by atoms with van der Waals surface area (Å²) < 4.78 is 0. The maximum atomic E-state index is 12.0. The van der Waals surface area contributed by atoms with Crippen LogP contribution in [0.3, 0.4) is 0 Å². The predicted molar refractivity (Wildman–Crippen MR) is 69.5 cm³/mol. The molecule has 0 spiro atoms. The maximum Gasteiger partial charge on any atom is 0.317 e. The number of urea groups is 1. The van der Waals surface area contributed by atoms with Gasteiger partial charge in [-0.1, -0.05) is 20.3 Å². The van der Waals surface area contributed by atoms with Crippen molar-refractivity contribution in [1.29, 1.82) is 0 Å². The molecule has 0 aromatic heterocycles. The fraction of sp³-hybridized carbons (Fsp3) is 0.846. The molecule has 1 atom stereocenters. The van der Waals surface area contributed by atoms with Gasteiger partial charge in [-0.25, -0.2) is 4.79 Å². The minimum atomic E-state index is -0.860. The van der Waals surface area contributed by atoms with Crippen molar-refractivity contribution in [2.45, 2.75) is 52.0 Å². The Hall–Kier alpha value is -1.26. The second-order valence-corrected chi connectivity index (χ2v) is 5.20. The molecule has 0 aromatic carbocycles. The molecule has 104 valence electrons. The molecule has 1 rings (SSSR count). The minimum absolute atomic E-state index is 0.00379. The first-order valence-electron chi connectivity index (χ1n) is 6.80. The SMILES string of the molecule is CCCC(CC(=O)O)NC(=O)N1CCC(C)CC1. The van der Waals surface area contributed by atoms with E-state index in [2.05, 4.69) is 12.2 Å². The molecule has 1 unspecified atom stereocenters. The second-order valence-electron chi connectivity index (χ2n) is 5.20. The van der Waals surface area contributed by atoms with Gasteiger partial charge in [0.2, 0.25) is 0 Å². The molecule has 0 radical (unpaired) electrons. The number of carbonyl (C=O) groups excluding carboxylic acids is 1. The van der Waals surface area contributed by atoms with Crippen molar-refractivity contribution in [1.82, 2.24) is 10.2 Å². The lowest BCUT2D eigenvalue weighted by molar-refractivity contribution is -0.137. The molecule has 0 bridgehead atoms. The first-order chi connectivity index (χ1) is 8.52. The number of amides is 2. The van der Waals surface area contributed by atoms with Gasteiger partial charge in [0.1, 0.15) is 0 Å². The van der Waals surface area contributed by atoms with Crippen LogP contribution in [0.15, 0.2) is 0 Å². The van der Waals surface area contributed by atoms with Gasteiger partial charge in [-0.05, 0) is 25.2 Å². The van der Waals surface area contributed by atoms with Crippen LogP contribution in [0.5, 0.6) is 0 Å². The molecular formula is C13H24N2O3. The zero-order chi connectivity index (χ0) is 13.5. The average Bonchev–Trinajstić information content (AvgIpc) is 2.29. The van der Waals surface area contributed by atoms with Crippen molar-refractivity contribution >= 4 is 12.0 Å². The number of carboxylic acid groups (broad SMARTS) is 1. The molecular weight excluding hydrogens is 232 g/mol. The number of nitrogens with one attached hydrogen (secondary N) is 1. The van der Waals surface area contributed by atoms with Crippen LogP contribution < -0.4 is 5.32 Å². The summed E-state index contributed by atoms with van der Waals surface area (Å²) in [5, 5.41) is 11.6. The van der Waals surface area contributed by atoms with Crippen LogP contribution in [0.4, 0.5) is 4.79 Å². The van der Waals surface area contributed by atoms with E-state index < -0.39 is 5.97 Å². The van der Waals surface area contributed by atoms with E-state index in [0.717, 1.165) is 32.4 Å². The molecule has 2 amide bonds. The van der Waals surface area contributed by atoms with Gasteiger partial charge < -0.3 is 15.3 Å². The zero-order valence-corrected chi connectivity index (χ0v) is 11.3. The Morgan fingerprint density at radius 2 is 2.00 bits per heavy atom. The Balaban J connectivity index is 2.42.